The van der Waals surface area contributed by atoms with Crippen molar-refractivity contribution in [3.05, 3.63) is 28.2 Å². The third-order valence-corrected chi connectivity index (χ3v) is 5.21. The summed E-state index contributed by atoms with van der Waals surface area (Å²) in [4.78, 5) is 40.6. The number of amides is 2. The van der Waals surface area contributed by atoms with Crippen molar-refractivity contribution >= 4 is 11.8 Å². The van der Waals surface area contributed by atoms with E-state index in [0.717, 1.165) is 24.1 Å². The minimum Gasteiger partial charge on any atom is -0.383 e. The quantitative estimate of drug-likeness (QED) is 0.757. The summed E-state index contributed by atoms with van der Waals surface area (Å²) in [5.41, 5.74) is -0.508. The average Bonchev–Trinajstić information content (AvgIpc) is 3.03. The molecule has 2 fully saturated rings. The molecule has 8 heteroatoms. The highest BCUT2D eigenvalue weighted by Crippen LogP contribution is 2.40. The van der Waals surface area contributed by atoms with E-state index in [1.807, 2.05) is 4.90 Å². The van der Waals surface area contributed by atoms with E-state index in [-0.39, 0.29) is 23.1 Å². The number of likely N-dealkylation sites (tertiary alicyclic amines) is 2. The van der Waals surface area contributed by atoms with Gasteiger partial charge in [-0.1, -0.05) is 0 Å². The summed E-state index contributed by atoms with van der Waals surface area (Å²) in [7, 11) is 3.14. The van der Waals surface area contributed by atoms with Crippen LogP contribution >= 0.6 is 0 Å². The zero-order chi connectivity index (χ0) is 18.0. The van der Waals surface area contributed by atoms with Crippen LogP contribution in [-0.4, -0.2) is 71.3 Å². The minimum absolute atomic E-state index is 0.125. The minimum atomic E-state index is -0.484. The summed E-state index contributed by atoms with van der Waals surface area (Å²) in [6.45, 7) is 2.81. The Labute approximate surface area is 146 Å². The number of hydrogen-bond donors (Lipinski definition) is 0. The fraction of sp³-hybridized carbons (Fsp3) is 0.647. The van der Waals surface area contributed by atoms with Gasteiger partial charge in [0.15, 0.2) is 0 Å². The lowest BCUT2D eigenvalue weighted by molar-refractivity contribution is -0.146. The summed E-state index contributed by atoms with van der Waals surface area (Å²) in [6.07, 6.45) is 2.42. The Bertz CT molecular complexity index is 732. The van der Waals surface area contributed by atoms with Crippen molar-refractivity contribution in [3.8, 4) is 0 Å². The van der Waals surface area contributed by atoms with E-state index in [9.17, 15) is 14.4 Å². The van der Waals surface area contributed by atoms with Crippen molar-refractivity contribution in [1.82, 2.24) is 19.6 Å². The molecule has 2 aliphatic rings. The molecule has 136 valence electrons. The van der Waals surface area contributed by atoms with Crippen molar-refractivity contribution in [3.63, 3.8) is 0 Å². The maximum absolute atomic E-state index is 12.9. The third-order valence-electron chi connectivity index (χ3n) is 5.21. The first-order chi connectivity index (χ1) is 12.0. The number of carbonyl (C=O) groups is 2. The van der Waals surface area contributed by atoms with Crippen LogP contribution in [0, 0.1) is 5.41 Å². The summed E-state index contributed by atoms with van der Waals surface area (Å²) in [5.74, 6) is -0.103. The maximum Gasteiger partial charge on any atom is 0.274 e. The van der Waals surface area contributed by atoms with Gasteiger partial charge in [-0.2, -0.15) is 5.10 Å². The monoisotopic (exact) mass is 348 g/mol. The van der Waals surface area contributed by atoms with E-state index < -0.39 is 5.41 Å². The summed E-state index contributed by atoms with van der Waals surface area (Å²) >= 11 is 0. The Morgan fingerprint density at radius 2 is 2.08 bits per heavy atom. The molecule has 1 aromatic rings. The van der Waals surface area contributed by atoms with Gasteiger partial charge in [0.25, 0.3) is 11.5 Å². The van der Waals surface area contributed by atoms with Crippen LogP contribution < -0.4 is 5.56 Å². The Balaban J connectivity index is 1.73. The van der Waals surface area contributed by atoms with Gasteiger partial charge in [-0.25, -0.2) is 4.68 Å². The number of aryl methyl sites for hydroxylation is 1. The Kier molecular flexibility index (Phi) is 4.89. The normalized spacial score (nSPS) is 23.5. The van der Waals surface area contributed by atoms with Crippen LogP contribution in [0.25, 0.3) is 0 Å². The Morgan fingerprint density at radius 3 is 2.80 bits per heavy atom. The molecule has 1 spiro atoms. The fourth-order valence-corrected chi connectivity index (χ4v) is 3.77. The predicted octanol–water partition coefficient (Wildman–Crippen LogP) is -0.119. The number of carbonyl (C=O) groups excluding carboxylic acids is 2. The van der Waals surface area contributed by atoms with Crippen molar-refractivity contribution in [2.24, 2.45) is 12.5 Å². The van der Waals surface area contributed by atoms with Gasteiger partial charge in [-0.15, -0.1) is 0 Å². The molecule has 0 saturated carbocycles. The molecule has 0 unspecified atom stereocenters. The maximum atomic E-state index is 12.9. The number of nitrogens with zero attached hydrogens (tertiary/aromatic N) is 4. The predicted molar refractivity (Wildman–Crippen MR) is 90.1 cm³/mol. The number of aromatic nitrogens is 2. The van der Waals surface area contributed by atoms with Gasteiger partial charge < -0.3 is 14.5 Å². The molecular formula is C17H24N4O4. The smallest absolute Gasteiger partial charge is 0.274 e. The lowest BCUT2D eigenvalue weighted by Crippen LogP contribution is -2.51. The van der Waals surface area contributed by atoms with Crippen LogP contribution in [0.4, 0.5) is 0 Å². The van der Waals surface area contributed by atoms with Crippen LogP contribution in [0.15, 0.2) is 16.9 Å². The van der Waals surface area contributed by atoms with Crippen molar-refractivity contribution in [1.29, 1.82) is 0 Å². The van der Waals surface area contributed by atoms with Gasteiger partial charge in [-0.05, 0) is 25.3 Å². The second-order valence-electron chi connectivity index (χ2n) is 6.83. The van der Waals surface area contributed by atoms with E-state index in [1.165, 1.54) is 19.2 Å². The van der Waals surface area contributed by atoms with E-state index in [1.54, 1.807) is 12.0 Å². The standard InChI is InChI=1S/C17H24N4O4/c1-19-14(22)5-4-13(18-19)15(23)21-9-7-17(12-21)6-3-8-20(16(17)24)10-11-25-2/h4-5H,3,6-12H2,1-2H3/t17-/m1/s1. The van der Waals surface area contributed by atoms with Crippen molar-refractivity contribution in [2.75, 3.05) is 39.9 Å². The molecular weight excluding hydrogens is 324 g/mol. The molecule has 2 saturated heterocycles. The van der Waals surface area contributed by atoms with Crippen LogP contribution in [0.3, 0.4) is 0 Å². The van der Waals surface area contributed by atoms with Crippen LogP contribution in [0.5, 0.6) is 0 Å². The van der Waals surface area contributed by atoms with E-state index >= 15 is 0 Å². The summed E-state index contributed by atoms with van der Waals surface area (Å²) < 4.78 is 6.24. The molecule has 1 atom stereocenters. The zero-order valence-electron chi connectivity index (χ0n) is 14.7. The summed E-state index contributed by atoms with van der Waals surface area (Å²) in [6, 6.07) is 2.79. The topological polar surface area (TPSA) is 84.7 Å². The van der Waals surface area contributed by atoms with Gasteiger partial charge in [0.05, 0.1) is 12.0 Å². The average molecular weight is 348 g/mol. The SMILES string of the molecule is COCCN1CCC[C@]2(CCN(C(=O)c3ccc(=O)n(C)n3)C2)C1=O. The molecule has 0 aliphatic carbocycles. The number of piperidine rings is 1. The molecule has 1 aromatic heterocycles. The molecule has 0 N–H and O–H groups in total. The number of methoxy groups -OCH3 is 1. The number of ether oxygens (including phenoxy) is 1. The molecule has 3 rings (SSSR count). The van der Waals surface area contributed by atoms with Gasteiger partial charge >= 0.3 is 0 Å². The van der Waals surface area contributed by atoms with Crippen molar-refractivity contribution in [2.45, 2.75) is 19.3 Å². The largest absolute Gasteiger partial charge is 0.383 e. The highest BCUT2D eigenvalue weighted by molar-refractivity contribution is 5.93. The van der Waals surface area contributed by atoms with Gasteiger partial charge in [0, 0.05) is 46.4 Å². The Morgan fingerprint density at radius 1 is 1.28 bits per heavy atom. The van der Waals surface area contributed by atoms with E-state index in [0.29, 0.717) is 32.7 Å². The molecule has 0 radical (unpaired) electrons. The van der Waals surface area contributed by atoms with Crippen LogP contribution in [0.1, 0.15) is 29.8 Å². The lowest BCUT2D eigenvalue weighted by atomic mass is 9.78. The molecule has 0 aromatic carbocycles. The highest BCUT2D eigenvalue weighted by Gasteiger charge is 2.49. The second-order valence-corrected chi connectivity index (χ2v) is 6.83. The van der Waals surface area contributed by atoms with Gasteiger partial charge in [0.1, 0.15) is 5.69 Å². The Hall–Kier alpha value is -2.22. The molecule has 0 bridgehead atoms. The second kappa shape index (κ2) is 6.95. The van der Waals surface area contributed by atoms with E-state index in [4.69, 9.17) is 4.74 Å². The summed E-state index contributed by atoms with van der Waals surface area (Å²) in [5, 5.41) is 4.03. The third kappa shape index (κ3) is 3.30. The molecule has 2 amide bonds. The van der Waals surface area contributed by atoms with E-state index in [2.05, 4.69) is 5.10 Å². The highest BCUT2D eigenvalue weighted by atomic mass is 16.5. The van der Waals surface area contributed by atoms with Crippen LogP contribution in [-0.2, 0) is 16.6 Å². The lowest BCUT2D eigenvalue weighted by Gasteiger charge is -2.39. The first-order valence-corrected chi connectivity index (χ1v) is 8.59. The first-order valence-electron chi connectivity index (χ1n) is 8.59. The fourth-order valence-electron chi connectivity index (χ4n) is 3.77. The van der Waals surface area contributed by atoms with Crippen LogP contribution in [0.2, 0.25) is 0 Å². The molecule has 2 aliphatic heterocycles. The van der Waals surface area contributed by atoms with Gasteiger partial charge in [0.2, 0.25) is 5.91 Å². The number of rotatable bonds is 4. The molecule has 3 heterocycles. The molecule has 25 heavy (non-hydrogen) atoms. The van der Waals surface area contributed by atoms with Crippen molar-refractivity contribution < 1.29 is 14.3 Å². The number of hydrogen-bond acceptors (Lipinski definition) is 5. The van der Waals surface area contributed by atoms with Gasteiger partial charge in [-0.3, -0.25) is 14.4 Å². The molecule has 8 nitrogen and oxygen atoms in total. The first kappa shape index (κ1) is 17.6. The zero-order valence-corrected chi connectivity index (χ0v) is 14.7.